The molecule has 24 heteroatoms. The van der Waals surface area contributed by atoms with Crippen molar-refractivity contribution in [3.63, 3.8) is 0 Å². The number of hydrogen-bond donors (Lipinski definition) is 14. The van der Waals surface area contributed by atoms with Gasteiger partial charge in [-0.3, -0.25) is 4.55 Å². The Morgan fingerprint density at radius 1 is 0.583 bits per heavy atom. The summed E-state index contributed by atoms with van der Waals surface area (Å²) in [5.74, 6) is 0. The minimum atomic E-state index is -4.61. The Labute approximate surface area is 183 Å². The van der Waals surface area contributed by atoms with Crippen LogP contribution in [0.5, 0.6) is 0 Å². The molecule has 0 radical (unpaired) electrons. The quantitative estimate of drug-likeness (QED) is 0.0826. The van der Waals surface area contributed by atoms with E-state index in [-0.39, 0.29) is 62.0 Å². The number of hydrogen-bond acceptors (Lipinski definition) is 16. The van der Waals surface area contributed by atoms with Gasteiger partial charge in [-0.2, -0.15) is 8.42 Å². The molecule has 0 fully saturated rings. The Bertz CT molecular complexity index is 241. The van der Waals surface area contributed by atoms with Crippen molar-refractivity contribution in [2.75, 3.05) is 0 Å². The van der Waals surface area contributed by atoms with Crippen LogP contribution < -0.4 is 59.1 Å². The van der Waals surface area contributed by atoms with Gasteiger partial charge >= 0.3 is 98.8 Å². The molecule has 0 amide bonds. The zero-order valence-corrected chi connectivity index (χ0v) is 17.0. The molecule has 0 aliphatic heterocycles. The molecule has 0 saturated carbocycles. The van der Waals surface area contributed by atoms with E-state index in [2.05, 4.69) is 4.33 Å². The summed E-state index contributed by atoms with van der Waals surface area (Å²) < 4.78 is 28.0. The predicted molar refractivity (Wildman–Crippen MR) is 67.1 cm³/mol. The van der Waals surface area contributed by atoms with E-state index >= 15 is 0 Å². The van der Waals surface area contributed by atoms with Gasteiger partial charge < -0.3 is 63.1 Å². The maximum absolute atomic E-state index is 9.08. The Morgan fingerprint density at radius 3 is 0.625 bits per heavy atom. The summed E-state index contributed by atoms with van der Waals surface area (Å²) in [6, 6.07) is 0. The fourth-order valence-corrected chi connectivity index (χ4v) is 0. The molecule has 0 heterocycles. The maximum atomic E-state index is 9.08. The van der Waals surface area contributed by atoms with Crippen molar-refractivity contribution in [1.29, 1.82) is 0 Å². The first-order valence-electron chi connectivity index (χ1n) is 3.96. The third-order valence-corrected chi connectivity index (χ3v) is 0.283. The van der Waals surface area contributed by atoms with Crippen molar-refractivity contribution in [2.45, 2.75) is 0 Å². The van der Waals surface area contributed by atoms with Gasteiger partial charge in [0.1, 0.15) is 0 Å². The Morgan fingerprint density at radius 2 is 0.625 bits per heavy atom. The van der Waals surface area contributed by atoms with Gasteiger partial charge in [-0.1, -0.05) is 4.33 Å². The van der Waals surface area contributed by atoms with Crippen LogP contribution in [0.15, 0.2) is 0 Å². The third kappa shape index (κ3) is 568. The molecule has 0 atom stereocenters. The molecule has 14 N–H and O–H groups in total. The van der Waals surface area contributed by atoms with E-state index in [1.165, 1.54) is 0 Å². The topological polar surface area (TPSA) is 327 Å². The first-order valence-corrected chi connectivity index (χ1v) is 5.33. The van der Waals surface area contributed by atoms with Crippen LogP contribution in [0, 0.1) is 0 Å². The van der Waals surface area contributed by atoms with Gasteiger partial charge in [-0.05, 0) is 0 Å². The number of rotatable bonds is 1. The van der Waals surface area contributed by atoms with Crippen LogP contribution >= 0.6 is 0 Å². The fourth-order valence-electron chi connectivity index (χ4n) is 0. The second kappa shape index (κ2) is 32.3. The SMILES string of the molecule is O=S(=O)(O)OO.OB(O)O.OB(O)O.OB(O)O.OB(O)O.[H-].[H-].[Na+].[Na+]. The smallest absolute Gasteiger partial charge is 1.00 e. The van der Waals surface area contributed by atoms with E-state index in [1.54, 1.807) is 0 Å². The molecule has 0 rings (SSSR count). The van der Waals surface area contributed by atoms with Gasteiger partial charge in [-0.15, -0.1) is 0 Å². The van der Waals surface area contributed by atoms with Gasteiger partial charge in [-0.25, -0.2) is 5.26 Å². The summed E-state index contributed by atoms with van der Waals surface area (Å²) in [6.07, 6.45) is 0. The fraction of sp³-hybridized carbons (Fsp3) is 0. The predicted octanol–water partition coefficient (Wildman–Crippen LogP) is -14.7. The average molecular weight is 409 g/mol. The van der Waals surface area contributed by atoms with Crippen molar-refractivity contribution < 1.29 is 145 Å². The van der Waals surface area contributed by atoms with Crippen molar-refractivity contribution >= 4 is 39.7 Å². The normalized spacial score (nSPS) is 7.42. The van der Waals surface area contributed by atoms with Crippen LogP contribution in [0.1, 0.15) is 2.85 Å². The van der Waals surface area contributed by atoms with E-state index in [1.807, 2.05) is 0 Å². The first-order chi connectivity index (χ1) is 9.49. The van der Waals surface area contributed by atoms with Gasteiger partial charge in [0.05, 0.1) is 0 Å². The van der Waals surface area contributed by atoms with Crippen LogP contribution in [-0.4, -0.2) is 108 Å². The monoisotopic (exact) mass is 410 g/mol. The van der Waals surface area contributed by atoms with Crippen LogP contribution in [0.25, 0.3) is 0 Å². The molecular weight excluding hydrogens is 393 g/mol. The summed E-state index contributed by atoms with van der Waals surface area (Å²) in [6.45, 7) is 0. The van der Waals surface area contributed by atoms with Crippen LogP contribution in [-0.2, 0) is 14.7 Å². The first kappa shape index (κ1) is 44.8. The molecule has 0 bridgehead atoms. The molecule has 138 valence electrons. The van der Waals surface area contributed by atoms with Crippen molar-refractivity contribution in [1.82, 2.24) is 0 Å². The van der Waals surface area contributed by atoms with E-state index in [0.29, 0.717) is 0 Å². The van der Waals surface area contributed by atoms with Crippen LogP contribution in [0.2, 0.25) is 0 Å². The van der Waals surface area contributed by atoms with Gasteiger partial charge in [0.15, 0.2) is 0 Å². The standard InChI is InChI=1S/4BH3O3.2Na.H2O5S.2H/c4*2-1(3)4;;;1-5-6(2,3)4;;/h4*2-4H;;;1H,(H,2,3,4);;/q;;;;2*+1;;2*-1. The van der Waals surface area contributed by atoms with Crippen molar-refractivity contribution in [3.8, 4) is 0 Å². The van der Waals surface area contributed by atoms with E-state index < -0.39 is 39.7 Å². The summed E-state index contributed by atoms with van der Waals surface area (Å²) in [5, 5.41) is 93.1. The average Bonchev–Trinajstić information content (AvgIpc) is 2.12. The molecule has 0 aromatic rings. The second-order valence-electron chi connectivity index (χ2n) is 1.89. The minimum Gasteiger partial charge on any atom is -1.00 e. The molecule has 0 aliphatic carbocycles. The van der Waals surface area contributed by atoms with E-state index in [0.717, 1.165) is 0 Å². The summed E-state index contributed by atoms with van der Waals surface area (Å²) in [7, 11) is -13.3. The maximum Gasteiger partial charge on any atom is 1.00 e. The summed E-state index contributed by atoms with van der Waals surface area (Å²) in [5.41, 5.74) is 0. The molecule has 0 aromatic heterocycles. The second-order valence-corrected chi connectivity index (χ2v) is 2.89. The molecule has 17 nitrogen and oxygen atoms in total. The third-order valence-electron chi connectivity index (χ3n) is 0.0942. The summed E-state index contributed by atoms with van der Waals surface area (Å²) >= 11 is 0. The van der Waals surface area contributed by atoms with E-state index in [9.17, 15) is 0 Å². The largest absolute Gasteiger partial charge is 1.00 e. The molecule has 0 aromatic carbocycles. The Hall–Kier alpha value is 1.61. The van der Waals surface area contributed by atoms with Gasteiger partial charge in [0, 0.05) is 0 Å². The molecule has 0 unspecified atom stereocenters. The Kier molecular flexibility index (Phi) is 60.3. The van der Waals surface area contributed by atoms with Crippen molar-refractivity contribution in [2.24, 2.45) is 0 Å². The molecule has 0 spiro atoms. The van der Waals surface area contributed by atoms with Gasteiger partial charge in [0.25, 0.3) is 0 Å². The zero-order chi connectivity index (χ0) is 19.5. The zero-order valence-electron chi connectivity index (χ0n) is 14.2. The molecular formula is H16B4Na2O17S. The molecule has 24 heavy (non-hydrogen) atoms. The van der Waals surface area contributed by atoms with Crippen LogP contribution in [0.4, 0.5) is 0 Å². The van der Waals surface area contributed by atoms with Crippen LogP contribution in [0.3, 0.4) is 0 Å². The Balaban J connectivity index is -0.0000000193. The summed E-state index contributed by atoms with van der Waals surface area (Å²) in [4.78, 5) is 0. The van der Waals surface area contributed by atoms with Gasteiger partial charge in [0.2, 0.25) is 0 Å². The van der Waals surface area contributed by atoms with E-state index in [4.69, 9.17) is 78.5 Å². The molecule has 0 aliphatic rings. The molecule has 0 saturated heterocycles. The van der Waals surface area contributed by atoms with Crippen molar-refractivity contribution in [3.05, 3.63) is 0 Å². The minimum absolute atomic E-state index is 0.